The van der Waals surface area contributed by atoms with Crippen molar-refractivity contribution in [3.8, 4) is 5.75 Å². The van der Waals surface area contributed by atoms with E-state index in [-0.39, 0.29) is 42.5 Å². The lowest BCUT2D eigenvalue weighted by Gasteiger charge is -2.39. The fourth-order valence-electron chi connectivity index (χ4n) is 4.06. The normalized spacial score (nSPS) is 16.6. The fourth-order valence-corrected chi connectivity index (χ4v) is 5.70. The van der Waals surface area contributed by atoms with Crippen LogP contribution in [-0.2, 0) is 31.0 Å². The van der Waals surface area contributed by atoms with Crippen LogP contribution in [0.25, 0.3) is 0 Å². The lowest BCUT2D eigenvalue weighted by atomic mass is 9.88. The number of benzene rings is 1. The largest absolute Gasteiger partial charge is 0.497 e. The topological polar surface area (TPSA) is 138 Å². The lowest BCUT2D eigenvalue weighted by Crippen LogP contribution is -2.54. The van der Waals surface area contributed by atoms with Gasteiger partial charge in [-0.3, -0.25) is 19.8 Å². The number of halogens is 1. The number of aromatic nitrogens is 1. The van der Waals surface area contributed by atoms with Gasteiger partial charge >= 0.3 is 0 Å². The van der Waals surface area contributed by atoms with Crippen LogP contribution in [0.3, 0.4) is 0 Å². The molecule has 1 fully saturated rings. The van der Waals surface area contributed by atoms with Crippen LogP contribution in [-0.4, -0.2) is 66.1 Å². The zero-order chi connectivity index (χ0) is 25.4. The second-order valence-electron chi connectivity index (χ2n) is 7.82. The van der Waals surface area contributed by atoms with E-state index in [0.29, 0.717) is 24.3 Å². The number of nitrogens with one attached hydrogen (secondary N) is 1. The molecule has 11 nitrogen and oxygen atoms in total. The highest BCUT2D eigenvalue weighted by Crippen LogP contribution is 2.33. The number of allylic oxidation sites excluding steroid dienone is 1. The van der Waals surface area contributed by atoms with Crippen LogP contribution < -0.4 is 10.2 Å². The van der Waals surface area contributed by atoms with Gasteiger partial charge in [-0.15, -0.1) is 12.4 Å². The molecular weight excluding hydrogens is 512 g/mol. The second-order valence-corrected chi connectivity index (χ2v) is 9.71. The minimum Gasteiger partial charge on any atom is -0.497 e. The van der Waals surface area contributed by atoms with Crippen molar-refractivity contribution >= 4 is 34.3 Å². The third-order valence-corrected chi connectivity index (χ3v) is 7.59. The third-order valence-electron chi connectivity index (χ3n) is 5.75. The molecule has 1 aliphatic heterocycles. The van der Waals surface area contributed by atoms with Gasteiger partial charge in [-0.1, -0.05) is 0 Å². The molecule has 1 aromatic heterocycles. The molecule has 2 atom stereocenters. The number of sulfonamides is 1. The van der Waals surface area contributed by atoms with Crippen molar-refractivity contribution < 1.29 is 32.8 Å². The molecule has 1 saturated heterocycles. The number of methoxy groups -OCH3 is 1. The Bertz CT molecular complexity index is 1160. The Kier molecular flexibility index (Phi) is 10.8. The van der Waals surface area contributed by atoms with Gasteiger partial charge in [0.15, 0.2) is 0 Å². The van der Waals surface area contributed by atoms with Crippen molar-refractivity contribution in [3.63, 3.8) is 0 Å². The minimum absolute atomic E-state index is 0. The van der Waals surface area contributed by atoms with Gasteiger partial charge in [-0.25, -0.2) is 23.8 Å². The van der Waals surface area contributed by atoms with E-state index in [0.717, 1.165) is 4.31 Å². The van der Waals surface area contributed by atoms with E-state index >= 15 is 0 Å². The number of pyridine rings is 1. The van der Waals surface area contributed by atoms with E-state index in [1.54, 1.807) is 24.5 Å². The van der Waals surface area contributed by atoms with Gasteiger partial charge in [0.1, 0.15) is 23.4 Å². The summed E-state index contributed by atoms with van der Waals surface area (Å²) in [4.78, 5) is 33.9. The quantitative estimate of drug-likeness (QED) is 0.263. The number of carbonyl (C=O) groups excluding carboxylic acids is 2. The highest BCUT2D eigenvalue weighted by Gasteiger charge is 2.43. The SMILES string of the molecule is CCON1CCC([C@H](C(=O)NO)N(Cc2ccncc2)S(=O)(=O)c2ccc(OC)cc2)CC1=C=O.Cl. The Morgan fingerprint density at radius 3 is 2.50 bits per heavy atom. The molecule has 2 heterocycles. The van der Waals surface area contributed by atoms with E-state index in [4.69, 9.17) is 9.57 Å². The van der Waals surface area contributed by atoms with Gasteiger partial charge in [0, 0.05) is 31.9 Å². The number of ether oxygens (including phenoxy) is 1. The van der Waals surface area contributed by atoms with Crippen LogP contribution in [0.4, 0.5) is 0 Å². The molecular formula is C23H29ClN4O7S. The van der Waals surface area contributed by atoms with E-state index in [2.05, 4.69) is 4.98 Å². The molecule has 0 spiro atoms. The number of hydrogen-bond donors (Lipinski definition) is 2. The van der Waals surface area contributed by atoms with E-state index in [9.17, 15) is 23.2 Å². The Morgan fingerprint density at radius 1 is 1.28 bits per heavy atom. The van der Waals surface area contributed by atoms with Crippen LogP contribution >= 0.6 is 12.4 Å². The number of hydrogen-bond acceptors (Lipinski definition) is 9. The van der Waals surface area contributed by atoms with Crippen molar-refractivity contribution in [1.82, 2.24) is 19.8 Å². The predicted octanol–water partition coefficient (Wildman–Crippen LogP) is 1.96. The maximum Gasteiger partial charge on any atom is 0.262 e. The summed E-state index contributed by atoms with van der Waals surface area (Å²) in [5.41, 5.74) is 2.37. The molecule has 0 aliphatic carbocycles. The first kappa shape index (κ1) is 29.2. The van der Waals surface area contributed by atoms with Gasteiger partial charge < -0.3 is 4.74 Å². The zero-order valence-electron chi connectivity index (χ0n) is 19.9. The summed E-state index contributed by atoms with van der Waals surface area (Å²) in [5.74, 6) is 0.766. The van der Waals surface area contributed by atoms with Crippen LogP contribution in [0.2, 0.25) is 0 Å². The first-order valence-electron chi connectivity index (χ1n) is 11.0. The van der Waals surface area contributed by atoms with Gasteiger partial charge in [-0.05, 0) is 61.2 Å². The highest BCUT2D eigenvalue weighted by molar-refractivity contribution is 7.89. The van der Waals surface area contributed by atoms with Crippen LogP contribution in [0.5, 0.6) is 5.75 Å². The van der Waals surface area contributed by atoms with Gasteiger partial charge in [0.25, 0.3) is 5.91 Å². The Balaban J connectivity index is 0.00000456. The maximum absolute atomic E-state index is 13.8. The fraction of sp³-hybridized carbons (Fsp3) is 0.391. The summed E-state index contributed by atoms with van der Waals surface area (Å²) >= 11 is 0. The number of piperidine rings is 1. The third kappa shape index (κ3) is 6.61. The van der Waals surface area contributed by atoms with Gasteiger partial charge in [0.05, 0.1) is 18.6 Å². The molecule has 3 rings (SSSR count). The molecule has 1 aliphatic rings. The smallest absolute Gasteiger partial charge is 0.262 e. The summed E-state index contributed by atoms with van der Waals surface area (Å²) in [7, 11) is -2.78. The molecule has 0 bridgehead atoms. The van der Waals surface area contributed by atoms with E-state index in [1.807, 2.05) is 5.94 Å². The van der Waals surface area contributed by atoms with E-state index < -0.39 is 27.9 Å². The molecule has 36 heavy (non-hydrogen) atoms. The number of amides is 1. The zero-order valence-corrected chi connectivity index (χ0v) is 21.5. The lowest BCUT2D eigenvalue weighted by molar-refractivity contribution is -0.148. The Morgan fingerprint density at radius 2 is 1.94 bits per heavy atom. The number of rotatable bonds is 10. The molecule has 196 valence electrons. The number of carbonyl (C=O) groups is 1. The molecule has 0 saturated carbocycles. The number of nitrogens with zero attached hydrogens (tertiary/aromatic N) is 3. The average molecular weight is 541 g/mol. The standard InChI is InChI=1S/C23H28N4O7S.ClH/c1-3-34-26-13-10-18(14-19(26)16-28)22(23(29)25-30)27(15-17-8-11-24-12-9-17)35(31,32)21-6-4-20(33-2)5-7-21;/h4-9,11-12,18,22,30H,3,10,13-15H2,1-2H3,(H,25,29);1H/t18?,22-;/m1./s1. The molecule has 2 N–H and O–H groups in total. The molecule has 1 unspecified atom stereocenters. The molecule has 13 heteroatoms. The van der Waals surface area contributed by atoms with Crippen LogP contribution in [0.1, 0.15) is 25.3 Å². The highest BCUT2D eigenvalue weighted by atomic mass is 35.5. The van der Waals surface area contributed by atoms with Crippen molar-refractivity contribution in [2.75, 3.05) is 20.3 Å². The Hall–Kier alpha value is -2.99. The summed E-state index contributed by atoms with van der Waals surface area (Å²) in [6, 6.07) is 7.73. The number of hydroxylamine groups is 3. The van der Waals surface area contributed by atoms with Crippen molar-refractivity contribution in [2.24, 2.45) is 5.92 Å². The van der Waals surface area contributed by atoms with Crippen molar-refractivity contribution in [3.05, 3.63) is 60.1 Å². The monoisotopic (exact) mass is 540 g/mol. The first-order valence-corrected chi connectivity index (χ1v) is 12.4. The summed E-state index contributed by atoms with van der Waals surface area (Å²) < 4.78 is 33.9. The maximum atomic E-state index is 13.8. The first-order chi connectivity index (χ1) is 16.8. The minimum atomic E-state index is -4.24. The molecule has 0 radical (unpaired) electrons. The van der Waals surface area contributed by atoms with E-state index in [1.165, 1.54) is 48.8 Å². The molecule has 1 aromatic carbocycles. The van der Waals surface area contributed by atoms with Crippen LogP contribution in [0.15, 0.2) is 59.4 Å². The summed E-state index contributed by atoms with van der Waals surface area (Å²) in [5, 5.41) is 11.0. The average Bonchev–Trinajstić information content (AvgIpc) is 2.89. The van der Waals surface area contributed by atoms with Crippen molar-refractivity contribution in [1.29, 1.82) is 0 Å². The Labute approximate surface area is 216 Å². The summed E-state index contributed by atoms with van der Waals surface area (Å²) in [6.07, 6.45) is 3.39. The predicted molar refractivity (Wildman–Crippen MR) is 131 cm³/mol. The second kappa shape index (κ2) is 13.4. The summed E-state index contributed by atoms with van der Waals surface area (Å²) in [6.45, 7) is 2.19. The molecule has 1 amide bonds. The van der Waals surface area contributed by atoms with Gasteiger partial charge in [0.2, 0.25) is 10.0 Å². The molecule has 2 aromatic rings. The van der Waals surface area contributed by atoms with Gasteiger partial charge in [-0.2, -0.15) is 4.31 Å². The van der Waals surface area contributed by atoms with Crippen LogP contribution in [0, 0.1) is 5.92 Å². The van der Waals surface area contributed by atoms with Crippen molar-refractivity contribution in [2.45, 2.75) is 37.2 Å².